The third kappa shape index (κ3) is 3.07. The van der Waals surface area contributed by atoms with Crippen LogP contribution in [-0.2, 0) is 5.75 Å². The van der Waals surface area contributed by atoms with E-state index < -0.39 is 0 Å². The molecule has 0 bridgehead atoms. The molecule has 0 radical (unpaired) electrons. The van der Waals surface area contributed by atoms with E-state index >= 15 is 0 Å². The molecule has 25 heavy (non-hydrogen) atoms. The van der Waals surface area contributed by atoms with Gasteiger partial charge in [-0.1, -0.05) is 27.7 Å². The summed E-state index contributed by atoms with van der Waals surface area (Å²) in [6.07, 6.45) is 0. The lowest BCUT2D eigenvalue weighted by molar-refractivity contribution is 0.559. The van der Waals surface area contributed by atoms with Crippen molar-refractivity contribution in [2.75, 3.05) is 0 Å². The number of hydrogen-bond acceptors (Lipinski definition) is 6. The fourth-order valence-corrected chi connectivity index (χ4v) is 4.08. The van der Waals surface area contributed by atoms with Gasteiger partial charge in [0.05, 0.1) is 0 Å². The van der Waals surface area contributed by atoms with Crippen LogP contribution in [-0.4, -0.2) is 19.6 Å². The molecule has 0 aliphatic heterocycles. The fraction of sp³-hybridized carbons (Fsp3) is 0.176. The monoisotopic (exact) mass is 416 g/mol. The molecule has 1 aromatic carbocycles. The Bertz CT molecular complexity index is 1170. The summed E-state index contributed by atoms with van der Waals surface area (Å²) >= 11 is 4.91. The van der Waals surface area contributed by atoms with Crippen molar-refractivity contribution in [3.05, 3.63) is 62.3 Å². The summed E-state index contributed by atoms with van der Waals surface area (Å²) in [7, 11) is 0. The van der Waals surface area contributed by atoms with Gasteiger partial charge in [-0.3, -0.25) is 4.40 Å². The highest BCUT2D eigenvalue weighted by molar-refractivity contribution is 9.10. The third-order valence-corrected chi connectivity index (χ3v) is 5.28. The molecule has 0 aliphatic rings. The fourth-order valence-electron chi connectivity index (χ4n) is 2.76. The van der Waals surface area contributed by atoms with E-state index in [1.54, 1.807) is 6.07 Å². The average molecular weight is 417 g/mol. The van der Waals surface area contributed by atoms with Crippen LogP contribution in [0.1, 0.15) is 17.1 Å². The molecule has 0 aliphatic carbocycles. The summed E-state index contributed by atoms with van der Waals surface area (Å²) in [6.45, 7) is 3.86. The lowest BCUT2D eigenvalue weighted by atomic mass is 10.1. The molecule has 0 saturated heterocycles. The molecule has 0 N–H and O–H groups in total. The molecule has 3 aromatic heterocycles. The molecule has 0 saturated carbocycles. The zero-order valence-electron chi connectivity index (χ0n) is 13.5. The molecule has 0 unspecified atom stereocenters. The maximum Gasteiger partial charge on any atom is 0.336 e. The van der Waals surface area contributed by atoms with Crippen molar-refractivity contribution in [1.82, 2.24) is 19.6 Å². The number of benzene rings is 1. The zero-order valence-corrected chi connectivity index (χ0v) is 15.9. The standard InChI is InChI=1S/C17H13BrN4O2S/c1-9-5-15-20-21-17(22(15)10(2)19-9)25-8-11-6-16(23)24-14-7-12(18)3-4-13(11)14/h3-7H,8H2,1-2H3. The van der Waals surface area contributed by atoms with Crippen LogP contribution in [0.2, 0.25) is 0 Å². The van der Waals surface area contributed by atoms with Gasteiger partial charge in [-0.2, -0.15) is 0 Å². The predicted molar refractivity (Wildman–Crippen MR) is 100 cm³/mol. The van der Waals surface area contributed by atoms with Crippen molar-refractivity contribution in [3.8, 4) is 0 Å². The molecule has 6 nitrogen and oxygen atoms in total. The van der Waals surface area contributed by atoms with Gasteiger partial charge < -0.3 is 4.42 Å². The van der Waals surface area contributed by atoms with Crippen molar-refractivity contribution in [2.45, 2.75) is 24.8 Å². The first kappa shape index (κ1) is 16.3. The molecule has 0 spiro atoms. The van der Waals surface area contributed by atoms with Gasteiger partial charge in [-0.25, -0.2) is 9.78 Å². The smallest absolute Gasteiger partial charge is 0.336 e. The van der Waals surface area contributed by atoms with Gasteiger partial charge in [0.15, 0.2) is 10.8 Å². The van der Waals surface area contributed by atoms with Crippen LogP contribution in [0.5, 0.6) is 0 Å². The first-order valence-corrected chi connectivity index (χ1v) is 9.33. The summed E-state index contributed by atoms with van der Waals surface area (Å²) in [5.74, 6) is 1.42. The number of thioether (sulfide) groups is 1. The van der Waals surface area contributed by atoms with Gasteiger partial charge in [0.1, 0.15) is 11.4 Å². The Morgan fingerprint density at radius 2 is 2.04 bits per heavy atom. The van der Waals surface area contributed by atoms with Crippen molar-refractivity contribution in [3.63, 3.8) is 0 Å². The third-order valence-electron chi connectivity index (χ3n) is 3.81. The number of fused-ring (bicyclic) bond motifs is 2. The molecule has 126 valence electrons. The number of nitrogens with zero attached hydrogens (tertiary/aromatic N) is 4. The van der Waals surface area contributed by atoms with Crippen LogP contribution in [0.15, 0.2) is 49.2 Å². The van der Waals surface area contributed by atoms with Crippen LogP contribution < -0.4 is 5.63 Å². The second-order valence-electron chi connectivity index (χ2n) is 5.64. The van der Waals surface area contributed by atoms with Gasteiger partial charge in [0.2, 0.25) is 0 Å². The SMILES string of the molecule is Cc1cc2nnc(SCc3cc(=O)oc4cc(Br)ccc34)n2c(C)n1. The first-order valence-electron chi connectivity index (χ1n) is 7.56. The van der Waals surface area contributed by atoms with Crippen LogP contribution in [0.25, 0.3) is 16.6 Å². The van der Waals surface area contributed by atoms with Gasteiger partial charge >= 0.3 is 5.63 Å². The normalized spacial score (nSPS) is 11.5. The van der Waals surface area contributed by atoms with Gasteiger partial charge in [-0.05, 0) is 37.6 Å². The summed E-state index contributed by atoms with van der Waals surface area (Å²) in [5, 5.41) is 10.1. The summed E-state index contributed by atoms with van der Waals surface area (Å²) in [4.78, 5) is 16.3. The average Bonchev–Trinajstić information content (AvgIpc) is 2.95. The van der Waals surface area contributed by atoms with Gasteiger partial charge in [0, 0.05) is 33.4 Å². The van der Waals surface area contributed by atoms with E-state index in [2.05, 4.69) is 31.1 Å². The minimum absolute atomic E-state index is 0.360. The van der Waals surface area contributed by atoms with Crippen LogP contribution in [0.4, 0.5) is 0 Å². The molecule has 0 fully saturated rings. The maximum atomic E-state index is 11.8. The van der Waals surface area contributed by atoms with E-state index in [1.165, 1.54) is 17.8 Å². The van der Waals surface area contributed by atoms with E-state index in [-0.39, 0.29) is 5.63 Å². The van der Waals surface area contributed by atoms with Crippen molar-refractivity contribution >= 4 is 44.3 Å². The molecule has 3 heterocycles. The predicted octanol–water partition coefficient (Wildman–Crippen LogP) is 3.90. The summed E-state index contributed by atoms with van der Waals surface area (Å²) in [6, 6.07) is 9.10. The minimum atomic E-state index is -0.360. The molecule has 8 heteroatoms. The van der Waals surface area contributed by atoms with E-state index in [4.69, 9.17) is 4.42 Å². The quantitative estimate of drug-likeness (QED) is 0.372. The van der Waals surface area contributed by atoms with E-state index in [0.717, 1.165) is 37.7 Å². The Morgan fingerprint density at radius 3 is 2.88 bits per heavy atom. The second kappa shape index (κ2) is 6.27. The highest BCUT2D eigenvalue weighted by Gasteiger charge is 2.12. The summed E-state index contributed by atoms with van der Waals surface area (Å²) in [5.41, 5.74) is 2.79. The Morgan fingerprint density at radius 1 is 1.20 bits per heavy atom. The van der Waals surface area contributed by atoms with Crippen LogP contribution in [0, 0.1) is 13.8 Å². The largest absolute Gasteiger partial charge is 0.423 e. The van der Waals surface area contributed by atoms with Crippen molar-refractivity contribution in [1.29, 1.82) is 0 Å². The Hall–Kier alpha value is -2.19. The lowest BCUT2D eigenvalue weighted by Crippen LogP contribution is -2.01. The van der Waals surface area contributed by atoms with E-state index in [1.807, 2.05) is 36.4 Å². The molecule has 0 amide bonds. The van der Waals surface area contributed by atoms with Crippen molar-refractivity contribution in [2.24, 2.45) is 0 Å². The molecular weight excluding hydrogens is 404 g/mol. The maximum absolute atomic E-state index is 11.8. The Balaban J connectivity index is 1.73. The van der Waals surface area contributed by atoms with Gasteiger partial charge in [0.25, 0.3) is 0 Å². The molecular formula is C17H13BrN4O2S. The van der Waals surface area contributed by atoms with E-state index in [0.29, 0.717) is 11.3 Å². The second-order valence-corrected chi connectivity index (χ2v) is 7.50. The Kier molecular flexibility index (Phi) is 4.09. The van der Waals surface area contributed by atoms with Gasteiger partial charge in [-0.15, -0.1) is 10.2 Å². The molecule has 4 rings (SSSR count). The number of halogens is 1. The lowest BCUT2D eigenvalue weighted by Gasteiger charge is -2.06. The number of rotatable bonds is 3. The highest BCUT2D eigenvalue weighted by Crippen LogP contribution is 2.27. The first-order chi connectivity index (χ1) is 12.0. The number of aryl methyl sites for hydroxylation is 2. The summed E-state index contributed by atoms with van der Waals surface area (Å²) < 4.78 is 8.07. The highest BCUT2D eigenvalue weighted by atomic mass is 79.9. The topological polar surface area (TPSA) is 73.3 Å². The van der Waals surface area contributed by atoms with E-state index in [9.17, 15) is 4.79 Å². The molecule has 4 aromatic rings. The molecule has 0 atom stereocenters. The number of aromatic nitrogens is 4. The van der Waals surface area contributed by atoms with Crippen LogP contribution >= 0.6 is 27.7 Å². The van der Waals surface area contributed by atoms with Crippen LogP contribution in [0.3, 0.4) is 0 Å². The zero-order chi connectivity index (χ0) is 17.6. The van der Waals surface area contributed by atoms with Crippen molar-refractivity contribution < 1.29 is 4.42 Å². The Labute approximate surface area is 155 Å². The number of hydrogen-bond donors (Lipinski definition) is 0. The minimum Gasteiger partial charge on any atom is -0.423 e.